The molecule has 3 aromatic rings. The van der Waals surface area contributed by atoms with E-state index < -0.39 is 16.8 Å². The molecule has 2 aromatic carbocycles. The smallest absolute Gasteiger partial charge is 0.325 e. The minimum atomic E-state index is -0.689. The highest BCUT2D eigenvalue weighted by atomic mass is 35.5. The van der Waals surface area contributed by atoms with Gasteiger partial charge in [-0.05, 0) is 24.3 Å². The topological polar surface area (TPSA) is 111 Å². The van der Waals surface area contributed by atoms with Crippen LogP contribution in [-0.4, -0.2) is 28.3 Å². The van der Waals surface area contributed by atoms with Crippen LogP contribution >= 0.6 is 22.9 Å². The first-order valence-electron chi connectivity index (χ1n) is 7.66. The average Bonchev–Trinajstić information content (AvgIpc) is 3.07. The van der Waals surface area contributed by atoms with E-state index in [9.17, 15) is 19.7 Å². The summed E-state index contributed by atoms with van der Waals surface area (Å²) in [5.74, 6) is -1.29. The first-order chi connectivity index (χ1) is 12.9. The van der Waals surface area contributed by atoms with Gasteiger partial charge in [-0.2, -0.15) is 0 Å². The quantitative estimate of drug-likeness (QED) is 0.382. The molecular formula is C17H12ClN3O5S. The number of aromatic nitrogens is 1. The van der Waals surface area contributed by atoms with Gasteiger partial charge in [-0.25, -0.2) is 4.98 Å². The fraction of sp³-hybridized carbons (Fsp3) is 0.118. The molecule has 0 fully saturated rings. The van der Waals surface area contributed by atoms with Crippen molar-refractivity contribution < 1.29 is 19.2 Å². The molecule has 10 heteroatoms. The molecule has 1 amide bonds. The summed E-state index contributed by atoms with van der Waals surface area (Å²) in [4.78, 5) is 38.3. The third-order valence-electron chi connectivity index (χ3n) is 3.49. The van der Waals surface area contributed by atoms with E-state index in [2.05, 4.69) is 10.3 Å². The number of esters is 1. The van der Waals surface area contributed by atoms with Crippen LogP contribution in [0.2, 0.25) is 5.02 Å². The largest absolute Gasteiger partial charge is 0.457 e. The molecule has 0 atom stereocenters. The fourth-order valence-electron chi connectivity index (χ4n) is 2.22. The number of benzene rings is 2. The molecular weight excluding hydrogens is 394 g/mol. The second-order valence-electron chi connectivity index (χ2n) is 5.34. The number of thiazole rings is 1. The number of nitrogens with one attached hydrogen (secondary N) is 1. The summed E-state index contributed by atoms with van der Waals surface area (Å²) >= 11 is 7.11. The number of halogens is 1. The average molecular weight is 406 g/mol. The van der Waals surface area contributed by atoms with E-state index >= 15 is 0 Å². The number of hydrogen-bond acceptors (Lipinski definition) is 7. The van der Waals surface area contributed by atoms with Gasteiger partial charge in [-0.15, -0.1) is 11.3 Å². The SMILES string of the molecule is O=C(CNC(=O)c1ccc(Cl)c([N+](=O)[O-])c1)OCc1nc2ccccc2s1. The van der Waals surface area contributed by atoms with E-state index in [0.29, 0.717) is 5.01 Å². The van der Waals surface area contributed by atoms with E-state index in [1.807, 2.05) is 24.3 Å². The highest BCUT2D eigenvalue weighted by molar-refractivity contribution is 7.18. The fourth-order valence-corrected chi connectivity index (χ4v) is 3.29. The van der Waals surface area contributed by atoms with Crippen LogP contribution in [0.5, 0.6) is 0 Å². The highest BCUT2D eigenvalue weighted by Gasteiger charge is 2.17. The van der Waals surface area contributed by atoms with Crippen LogP contribution in [0.1, 0.15) is 15.4 Å². The van der Waals surface area contributed by atoms with Gasteiger partial charge in [0.1, 0.15) is 23.2 Å². The third-order valence-corrected chi connectivity index (χ3v) is 4.82. The molecule has 27 heavy (non-hydrogen) atoms. The van der Waals surface area contributed by atoms with Gasteiger partial charge in [-0.3, -0.25) is 19.7 Å². The molecule has 3 rings (SSSR count). The molecule has 1 N–H and O–H groups in total. The summed E-state index contributed by atoms with van der Waals surface area (Å²) in [6.07, 6.45) is 0. The lowest BCUT2D eigenvalue weighted by Gasteiger charge is -2.06. The summed E-state index contributed by atoms with van der Waals surface area (Å²) in [6.45, 7) is -0.374. The minimum Gasteiger partial charge on any atom is -0.457 e. The van der Waals surface area contributed by atoms with E-state index in [4.69, 9.17) is 16.3 Å². The second-order valence-corrected chi connectivity index (χ2v) is 6.86. The monoisotopic (exact) mass is 405 g/mol. The summed E-state index contributed by atoms with van der Waals surface area (Å²) in [5, 5.41) is 13.8. The Labute approximate surface area is 161 Å². The number of carbonyl (C=O) groups excluding carboxylic acids is 2. The lowest BCUT2D eigenvalue weighted by Crippen LogP contribution is -2.30. The normalized spacial score (nSPS) is 10.6. The van der Waals surface area contributed by atoms with Crippen molar-refractivity contribution in [1.82, 2.24) is 10.3 Å². The van der Waals surface area contributed by atoms with Crippen molar-refractivity contribution in [2.45, 2.75) is 6.61 Å². The molecule has 8 nitrogen and oxygen atoms in total. The lowest BCUT2D eigenvalue weighted by atomic mass is 10.2. The van der Waals surface area contributed by atoms with Crippen LogP contribution in [0, 0.1) is 10.1 Å². The predicted octanol–water partition coefficient (Wildman–Crippen LogP) is 3.33. The number of amides is 1. The van der Waals surface area contributed by atoms with Gasteiger partial charge in [0, 0.05) is 11.6 Å². The van der Waals surface area contributed by atoms with Gasteiger partial charge >= 0.3 is 5.97 Å². The van der Waals surface area contributed by atoms with Crippen LogP contribution in [-0.2, 0) is 16.1 Å². The second kappa shape index (κ2) is 8.11. The molecule has 0 aliphatic carbocycles. The van der Waals surface area contributed by atoms with Gasteiger partial charge in [0.15, 0.2) is 0 Å². The van der Waals surface area contributed by atoms with Gasteiger partial charge in [0.25, 0.3) is 11.6 Å². The van der Waals surface area contributed by atoms with Crippen LogP contribution in [0.15, 0.2) is 42.5 Å². The van der Waals surface area contributed by atoms with Gasteiger partial charge in [-0.1, -0.05) is 23.7 Å². The summed E-state index contributed by atoms with van der Waals surface area (Å²) in [6, 6.07) is 11.2. The summed E-state index contributed by atoms with van der Waals surface area (Å²) < 4.78 is 6.08. The number of para-hydroxylation sites is 1. The number of fused-ring (bicyclic) bond motifs is 1. The molecule has 1 aromatic heterocycles. The Hall–Kier alpha value is -3.04. The lowest BCUT2D eigenvalue weighted by molar-refractivity contribution is -0.384. The summed E-state index contributed by atoms with van der Waals surface area (Å²) in [7, 11) is 0. The zero-order valence-electron chi connectivity index (χ0n) is 13.7. The maximum atomic E-state index is 12.0. The van der Waals surface area contributed by atoms with E-state index in [1.165, 1.54) is 23.5 Å². The van der Waals surface area contributed by atoms with Crippen LogP contribution in [0.4, 0.5) is 5.69 Å². The van der Waals surface area contributed by atoms with Crippen LogP contribution < -0.4 is 5.32 Å². The van der Waals surface area contributed by atoms with Gasteiger partial charge in [0.2, 0.25) is 0 Å². The first-order valence-corrected chi connectivity index (χ1v) is 8.85. The molecule has 0 spiro atoms. The Morgan fingerprint density at radius 3 is 2.78 bits per heavy atom. The number of hydrogen-bond donors (Lipinski definition) is 1. The molecule has 1 heterocycles. The third kappa shape index (κ3) is 4.57. The maximum Gasteiger partial charge on any atom is 0.325 e. The van der Waals surface area contributed by atoms with Crippen molar-refractivity contribution in [3.8, 4) is 0 Å². The molecule has 0 aliphatic rings. The van der Waals surface area contributed by atoms with Crippen molar-refractivity contribution in [3.63, 3.8) is 0 Å². The van der Waals surface area contributed by atoms with Crippen LogP contribution in [0.3, 0.4) is 0 Å². The van der Waals surface area contributed by atoms with Crippen molar-refractivity contribution >= 4 is 50.7 Å². The number of nitrogens with zero attached hydrogens (tertiary/aromatic N) is 2. The zero-order chi connectivity index (χ0) is 19.4. The predicted molar refractivity (Wildman–Crippen MR) is 99.9 cm³/mol. The van der Waals surface area contributed by atoms with Crippen molar-refractivity contribution in [2.24, 2.45) is 0 Å². The Morgan fingerprint density at radius 1 is 1.26 bits per heavy atom. The molecule has 0 unspecified atom stereocenters. The van der Waals surface area contributed by atoms with Gasteiger partial charge < -0.3 is 10.1 Å². The Bertz CT molecular complexity index is 1000. The van der Waals surface area contributed by atoms with E-state index in [0.717, 1.165) is 16.3 Å². The summed E-state index contributed by atoms with van der Waals surface area (Å²) in [5.41, 5.74) is 0.457. The van der Waals surface area contributed by atoms with Crippen molar-refractivity contribution in [1.29, 1.82) is 0 Å². The molecule has 0 bridgehead atoms. The first kappa shape index (κ1) is 18.7. The number of nitro groups is 1. The molecule has 0 saturated carbocycles. The maximum absolute atomic E-state index is 12.0. The van der Waals surface area contributed by atoms with Crippen LogP contribution in [0.25, 0.3) is 10.2 Å². The number of rotatable bonds is 6. The standard InChI is InChI=1S/C17H12ClN3O5S/c18-11-6-5-10(7-13(11)21(24)25)17(23)19-8-16(22)26-9-15-20-12-3-1-2-4-14(12)27-15/h1-7H,8-9H2,(H,19,23). The highest BCUT2D eigenvalue weighted by Crippen LogP contribution is 2.25. The van der Waals surface area contributed by atoms with Gasteiger partial charge in [0.05, 0.1) is 15.1 Å². The number of carbonyl (C=O) groups is 2. The van der Waals surface area contributed by atoms with Crippen molar-refractivity contribution in [3.05, 3.63) is 68.2 Å². The Balaban J connectivity index is 1.53. The Kier molecular flexibility index (Phi) is 5.63. The minimum absolute atomic E-state index is 0.000463. The van der Waals surface area contributed by atoms with Crippen molar-refractivity contribution in [2.75, 3.05) is 6.54 Å². The molecule has 0 saturated heterocycles. The van der Waals surface area contributed by atoms with E-state index in [1.54, 1.807) is 0 Å². The zero-order valence-corrected chi connectivity index (χ0v) is 15.2. The molecule has 0 aliphatic heterocycles. The number of ether oxygens (including phenoxy) is 1. The van der Waals surface area contributed by atoms with E-state index in [-0.39, 0.29) is 29.4 Å². The Morgan fingerprint density at radius 2 is 2.04 bits per heavy atom. The number of nitro benzene ring substituents is 1. The molecule has 138 valence electrons. The molecule has 0 radical (unpaired) electrons.